The lowest BCUT2D eigenvalue weighted by atomic mass is 9.70. The Labute approximate surface area is 169 Å². The number of esters is 1. The van der Waals surface area contributed by atoms with Crippen molar-refractivity contribution in [1.29, 1.82) is 0 Å². The number of fused-ring (bicyclic) bond motifs is 2. The highest BCUT2D eigenvalue weighted by Gasteiger charge is 2.63. The first-order valence-electron chi connectivity index (χ1n) is 9.75. The van der Waals surface area contributed by atoms with Gasteiger partial charge in [0.25, 0.3) is 0 Å². The zero-order chi connectivity index (χ0) is 21.4. The van der Waals surface area contributed by atoms with Gasteiger partial charge in [0, 0.05) is 5.41 Å². The Morgan fingerprint density at radius 3 is 2.48 bits per heavy atom. The lowest BCUT2D eigenvalue weighted by molar-refractivity contribution is -0.166. The smallest absolute Gasteiger partial charge is 0.333 e. The summed E-state index contributed by atoms with van der Waals surface area (Å²) in [5.74, 6) is -2.55. The molecule has 2 aliphatic heterocycles. The molecular weight excluding hydrogens is 376 g/mol. The highest BCUT2D eigenvalue weighted by atomic mass is 16.6. The number of amides is 1. The van der Waals surface area contributed by atoms with Gasteiger partial charge in [0.1, 0.15) is 11.7 Å². The van der Waals surface area contributed by atoms with E-state index in [1.54, 1.807) is 30.3 Å². The van der Waals surface area contributed by atoms with Crippen molar-refractivity contribution in [3.8, 4) is 0 Å². The summed E-state index contributed by atoms with van der Waals surface area (Å²) >= 11 is 0. The van der Waals surface area contributed by atoms with Crippen molar-refractivity contribution in [2.24, 2.45) is 11.1 Å². The predicted octanol–water partition coefficient (Wildman–Crippen LogP) is 1.54. The van der Waals surface area contributed by atoms with E-state index in [1.165, 1.54) is 0 Å². The molecule has 2 heterocycles. The largest absolute Gasteiger partial charge is 0.481 e. The second kappa shape index (κ2) is 7.76. The molecule has 158 valence electrons. The first-order chi connectivity index (χ1) is 13.5. The van der Waals surface area contributed by atoms with Crippen LogP contribution in [0.25, 0.3) is 0 Å². The summed E-state index contributed by atoms with van der Waals surface area (Å²) in [7, 11) is 0. The van der Waals surface area contributed by atoms with Crippen LogP contribution in [0, 0.1) is 5.41 Å². The van der Waals surface area contributed by atoms with Gasteiger partial charge in [-0.1, -0.05) is 44.2 Å². The Bertz CT molecular complexity index is 791. The number of hydrogen-bond acceptors (Lipinski definition) is 6. The predicted molar refractivity (Wildman–Crippen MR) is 104 cm³/mol. The number of carbonyl (C=O) groups is 3. The van der Waals surface area contributed by atoms with E-state index in [2.05, 4.69) is 5.32 Å². The van der Waals surface area contributed by atoms with Crippen molar-refractivity contribution in [3.63, 3.8) is 0 Å². The van der Waals surface area contributed by atoms with Crippen LogP contribution in [0.5, 0.6) is 0 Å². The summed E-state index contributed by atoms with van der Waals surface area (Å²) in [5, 5.41) is 11.4. The van der Waals surface area contributed by atoms with E-state index in [9.17, 15) is 14.4 Å². The first kappa shape index (κ1) is 21.3. The molecule has 0 spiro atoms. The number of carboxylic acids is 1. The van der Waals surface area contributed by atoms with Crippen LogP contribution in [0.3, 0.4) is 0 Å². The zero-order valence-corrected chi connectivity index (χ0v) is 16.9. The topological polar surface area (TPSA) is 128 Å². The minimum absolute atomic E-state index is 0.0130. The first-order valence-corrected chi connectivity index (χ1v) is 9.75. The molecule has 0 aliphatic carbocycles. The van der Waals surface area contributed by atoms with Crippen LogP contribution < -0.4 is 11.1 Å². The molecule has 0 radical (unpaired) electrons. The van der Waals surface area contributed by atoms with Gasteiger partial charge in [0.15, 0.2) is 6.04 Å². The standard InChI is InChI=1S/C21H28N2O6/c1-20(2)14-9-10-21(3,29-14)19(20)28-18(27)16(12-7-5-4-6-8-12)23-17(26)13(22)11-15(24)25/h4-8,13-14,16,19H,9-11,22H2,1-3H3,(H,23,26)(H,24,25)/t13-,14?,16+,19-,21-/m0/s1. The zero-order valence-electron chi connectivity index (χ0n) is 16.9. The summed E-state index contributed by atoms with van der Waals surface area (Å²) in [6, 6.07) is 6.29. The third kappa shape index (κ3) is 4.13. The van der Waals surface area contributed by atoms with Gasteiger partial charge in [-0.2, -0.15) is 0 Å². The van der Waals surface area contributed by atoms with Crippen molar-refractivity contribution in [2.75, 3.05) is 0 Å². The minimum Gasteiger partial charge on any atom is -0.481 e. The van der Waals surface area contributed by atoms with Crippen LogP contribution >= 0.6 is 0 Å². The fourth-order valence-electron chi connectivity index (χ4n) is 4.45. The van der Waals surface area contributed by atoms with Gasteiger partial charge >= 0.3 is 11.9 Å². The molecule has 8 heteroatoms. The second-order valence-corrected chi connectivity index (χ2v) is 8.65. The number of hydrogen-bond donors (Lipinski definition) is 3. The maximum absolute atomic E-state index is 13.1. The van der Waals surface area contributed by atoms with Gasteiger partial charge in [-0.05, 0) is 25.3 Å². The maximum atomic E-state index is 13.1. The van der Waals surface area contributed by atoms with Crippen LogP contribution in [0.4, 0.5) is 0 Å². The molecule has 2 saturated heterocycles. The van der Waals surface area contributed by atoms with Gasteiger partial charge in [-0.25, -0.2) is 4.79 Å². The summed E-state index contributed by atoms with van der Waals surface area (Å²) in [6.45, 7) is 5.97. The van der Waals surface area contributed by atoms with Crippen LogP contribution in [0.1, 0.15) is 51.6 Å². The lowest BCUT2D eigenvalue weighted by Crippen LogP contribution is -2.51. The van der Waals surface area contributed by atoms with Crippen molar-refractivity contribution >= 4 is 17.8 Å². The van der Waals surface area contributed by atoms with Gasteiger partial charge < -0.3 is 25.6 Å². The molecular formula is C21H28N2O6. The van der Waals surface area contributed by atoms with Crippen molar-refractivity contribution in [1.82, 2.24) is 5.32 Å². The molecule has 2 fully saturated rings. The number of ether oxygens (including phenoxy) is 2. The highest BCUT2D eigenvalue weighted by molar-refractivity contribution is 5.90. The van der Waals surface area contributed by atoms with E-state index in [-0.39, 0.29) is 11.5 Å². The summed E-state index contributed by atoms with van der Waals surface area (Å²) in [5.41, 5.74) is 5.27. The molecule has 0 saturated carbocycles. The molecule has 1 aromatic carbocycles. The van der Waals surface area contributed by atoms with Gasteiger partial charge in [0.2, 0.25) is 5.91 Å². The van der Waals surface area contributed by atoms with Crippen molar-refractivity contribution in [2.45, 2.75) is 69.9 Å². The minimum atomic E-state index is -1.27. The number of carboxylic acid groups (broad SMARTS) is 1. The fraction of sp³-hybridized carbons (Fsp3) is 0.571. The molecule has 1 aromatic rings. The molecule has 4 N–H and O–H groups in total. The Hall–Kier alpha value is -2.45. The monoisotopic (exact) mass is 404 g/mol. The summed E-state index contributed by atoms with van der Waals surface area (Å²) in [6.07, 6.45) is 0.730. The Balaban J connectivity index is 1.80. The lowest BCUT2D eigenvalue weighted by Gasteiger charge is -2.39. The van der Waals surface area contributed by atoms with Gasteiger partial charge in [0.05, 0.1) is 18.6 Å². The SMILES string of the molecule is CC1(C)C2CC[C@](C)(O2)[C@H]1OC(=O)[C@H](NC(=O)[C@@H](N)CC(=O)O)c1ccccc1. The van der Waals surface area contributed by atoms with Crippen molar-refractivity contribution in [3.05, 3.63) is 35.9 Å². The number of rotatable bonds is 7. The van der Waals surface area contributed by atoms with E-state index in [0.29, 0.717) is 5.56 Å². The molecule has 2 bridgehead atoms. The van der Waals surface area contributed by atoms with Crippen LogP contribution in [-0.4, -0.2) is 46.8 Å². The number of nitrogens with two attached hydrogens (primary N) is 1. The third-order valence-electron chi connectivity index (χ3n) is 6.00. The van der Waals surface area contributed by atoms with E-state index >= 15 is 0 Å². The Kier molecular flexibility index (Phi) is 5.69. The molecule has 0 aromatic heterocycles. The number of carbonyl (C=O) groups excluding carboxylic acids is 2. The second-order valence-electron chi connectivity index (χ2n) is 8.65. The molecule has 1 unspecified atom stereocenters. The molecule has 5 atom stereocenters. The quantitative estimate of drug-likeness (QED) is 0.588. The molecule has 2 aliphatic rings. The van der Waals surface area contributed by atoms with E-state index in [4.69, 9.17) is 20.3 Å². The summed E-state index contributed by atoms with van der Waals surface area (Å²) < 4.78 is 12.0. The van der Waals surface area contributed by atoms with Gasteiger partial charge in [-0.3, -0.25) is 9.59 Å². The fourth-order valence-corrected chi connectivity index (χ4v) is 4.45. The van der Waals surface area contributed by atoms with E-state index in [1.807, 2.05) is 20.8 Å². The number of nitrogens with one attached hydrogen (secondary N) is 1. The molecule has 1 amide bonds. The van der Waals surface area contributed by atoms with E-state index < -0.39 is 48.1 Å². The third-order valence-corrected chi connectivity index (χ3v) is 6.00. The Morgan fingerprint density at radius 1 is 1.28 bits per heavy atom. The van der Waals surface area contributed by atoms with Crippen LogP contribution in [-0.2, 0) is 23.9 Å². The number of benzene rings is 1. The maximum Gasteiger partial charge on any atom is 0.333 e. The number of aliphatic carboxylic acids is 1. The highest BCUT2D eigenvalue weighted by Crippen LogP contribution is 2.55. The van der Waals surface area contributed by atoms with Crippen LogP contribution in [0.15, 0.2) is 30.3 Å². The molecule has 3 rings (SSSR count). The molecule has 29 heavy (non-hydrogen) atoms. The van der Waals surface area contributed by atoms with E-state index in [0.717, 1.165) is 12.8 Å². The van der Waals surface area contributed by atoms with Crippen molar-refractivity contribution < 1.29 is 29.0 Å². The Morgan fingerprint density at radius 2 is 1.93 bits per heavy atom. The normalized spacial score (nSPS) is 29.1. The average molecular weight is 404 g/mol. The van der Waals surface area contributed by atoms with Crippen LogP contribution in [0.2, 0.25) is 0 Å². The van der Waals surface area contributed by atoms with Gasteiger partial charge in [-0.15, -0.1) is 0 Å². The summed E-state index contributed by atoms with van der Waals surface area (Å²) in [4.78, 5) is 36.4. The molecule has 8 nitrogen and oxygen atoms in total. The average Bonchev–Trinajstić information content (AvgIpc) is 3.14.